The Hall–Kier alpha value is -2.76. The summed E-state index contributed by atoms with van der Waals surface area (Å²) in [6, 6.07) is 9.93. The summed E-state index contributed by atoms with van der Waals surface area (Å²) < 4.78 is 31.3. The second kappa shape index (κ2) is 7.49. The van der Waals surface area contributed by atoms with Crippen LogP contribution in [0.5, 0.6) is 5.75 Å². The van der Waals surface area contributed by atoms with Crippen LogP contribution in [-0.4, -0.2) is 18.2 Å². The number of carbonyl (C=O) groups excluding carboxylic acids is 1. The molecule has 1 N–H and O–H groups in total. The molecule has 1 amide bonds. The molecule has 0 bridgehead atoms. The maximum atomic E-state index is 13.0. The quantitative estimate of drug-likeness (QED) is 0.677. The summed E-state index contributed by atoms with van der Waals surface area (Å²) in [5.74, 6) is -1.65. The van der Waals surface area contributed by atoms with Gasteiger partial charge in [-0.2, -0.15) is 5.10 Å². The number of nitrogens with zero attached hydrogens (tertiary/aromatic N) is 1. The Morgan fingerprint density at radius 2 is 1.83 bits per heavy atom. The molecule has 0 heterocycles. The molecule has 120 valence electrons. The predicted octanol–water partition coefficient (Wildman–Crippen LogP) is 3.52. The summed E-state index contributed by atoms with van der Waals surface area (Å²) in [6.45, 7) is 3.82. The lowest BCUT2D eigenvalue weighted by Gasteiger charge is -2.09. The first-order chi connectivity index (χ1) is 11.0. The number of halogens is 2. The zero-order chi connectivity index (χ0) is 16.8. The van der Waals surface area contributed by atoms with Gasteiger partial charge in [0.1, 0.15) is 5.75 Å². The topological polar surface area (TPSA) is 50.7 Å². The maximum absolute atomic E-state index is 13.0. The highest BCUT2D eigenvalue weighted by Crippen LogP contribution is 2.13. The molecule has 0 aliphatic carbocycles. The van der Waals surface area contributed by atoms with Crippen molar-refractivity contribution in [2.24, 2.45) is 5.10 Å². The molecule has 2 aromatic carbocycles. The zero-order valence-electron chi connectivity index (χ0n) is 12.7. The molecule has 2 aromatic rings. The van der Waals surface area contributed by atoms with Gasteiger partial charge in [-0.15, -0.1) is 0 Å². The van der Waals surface area contributed by atoms with Crippen LogP contribution < -0.4 is 10.2 Å². The minimum atomic E-state index is -0.971. The number of rotatable bonds is 5. The van der Waals surface area contributed by atoms with Crippen LogP contribution in [0.15, 0.2) is 47.6 Å². The lowest BCUT2D eigenvalue weighted by atomic mass is 10.2. The van der Waals surface area contributed by atoms with Crippen LogP contribution in [0.2, 0.25) is 0 Å². The molecule has 0 aliphatic rings. The van der Waals surface area contributed by atoms with Crippen molar-refractivity contribution < 1.29 is 18.3 Å². The Kier molecular flexibility index (Phi) is 5.41. The third-order valence-electron chi connectivity index (χ3n) is 2.81. The second-order valence-corrected chi connectivity index (χ2v) is 5.06. The molecular weight excluding hydrogens is 302 g/mol. The van der Waals surface area contributed by atoms with Gasteiger partial charge in [0.15, 0.2) is 11.6 Å². The molecule has 23 heavy (non-hydrogen) atoms. The highest BCUT2D eigenvalue weighted by atomic mass is 19.2. The zero-order valence-corrected chi connectivity index (χ0v) is 12.7. The third kappa shape index (κ3) is 4.88. The molecule has 0 atom stereocenters. The number of benzene rings is 2. The first-order valence-electron chi connectivity index (χ1n) is 7.01. The predicted molar refractivity (Wildman–Crippen MR) is 83.6 cm³/mol. The first kappa shape index (κ1) is 16.6. The van der Waals surface area contributed by atoms with Crippen molar-refractivity contribution in [2.75, 3.05) is 0 Å². The van der Waals surface area contributed by atoms with Crippen LogP contribution in [0.4, 0.5) is 8.78 Å². The Labute approximate surface area is 132 Å². The molecule has 0 spiro atoms. The molecule has 0 fully saturated rings. The van der Waals surface area contributed by atoms with Gasteiger partial charge in [0.25, 0.3) is 5.91 Å². The van der Waals surface area contributed by atoms with Crippen molar-refractivity contribution in [3.63, 3.8) is 0 Å². The van der Waals surface area contributed by atoms with Crippen LogP contribution in [0, 0.1) is 11.6 Å². The molecule has 4 nitrogen and oxygen atoms in total. The lowest BCUT2D eigenvalue weighted by molar-refractivity contribution is 0.0955. The molecule has 0 radical (unpaired) electrons. The van der Waals surface area contributed by atoms with Crippen LogP contribution >= 0.6 is 0 Å². The van der Waals surface area contributed by atoms with Crippen molar-refractivity contribution >= 4 is 12.1 Å². The van der Waals surface area contributed by atoms with Crippen LogP contribution in [0.1, 0.15) is 29.8 Å². The Balaban J connectivity index is 1.96. The number of hydrogen-bond acceptors (Lipinski definition) is 3. The monoisotopic (exact) mass is 318 g/mol. The van der Waals surface area contributed by atoms with Gasteiger partial charge in [0, 0.05) is 5.56 Å². The summed E-state index contributed by atoms with van der Waals surface area (Å²) in [4.78, 5) is 11.9. The number of carbonyl (C=O) groups is 1. The van der Waals surface area contributed by atoms with E-state index < -0.39 is 17.5 Å². The van der Waals surface area contributed by atoms with E-state index in [2.05, 4.69) is 10.5 Å². The van der Waals surface area contributed by atoms with Crippen molar-refractivity contribution in [2.45, 2.75) is 20.0 Å². The van der Waals surface area contributed by atoms with Crippen molar-refractivity contribution in [1.82, 2.24) is 5.43 Å². The molecule has 0 aromatic heterocycles. The number of amides is 1. The fraction of sp³-hybridized carbons (Fsp3) is 0.176. The Bertz CT molecular complexity index is 713. The van der Waals surface area contributed by atoms with Crippen molar-refractivity contribution in [3.8, 4) is 5.75 Å². The fourth-order valence-electron chi connectivity index (χ4n) is 1.78. The van der Waals surface area contributed by atoms with E-state index in [1.165, 1.54) is 12.3 Å². The number of ether oxygens (including phenoxy) is 1. The number of hydrogen-bond donors (Lipinski definition) is 1. The molecular formula is C17H16F2N2O2. The molecule has 2 rings (SSSR count). The van der Waals surface area contributed by atoms with E-state index >= 15 is 0 Å². The highest BCUT2D eigenvalue weighted by Gasteiger charge is 2.05. The number of hydrazone groups is 1. The van der Waals surface area contributed by atoms with Gasteiger partial charge in [0.05, 0.1) is 12.3 Å². The summed E-state index contributed by atoms with van der Waals surface area (Å²) in [7, 11) is 0. The van der Waals surface area contributed by atoms with E-state index in [0.717, 1.165) is 12.1 Å². The van der Waals surface area contributed by atoms with Crippen LogP contribution in [0.25, 0.3) is 0 Å². The van der Waals surface area contributed by atoms with Gasteiger partial charge >= 0.3 is 0 Å². The van der Waals surface area contributed by atoms with Crippen LogP contribution in [-0.2, 0) is 0 Å². The first-order valence-corrected chi connectivity index (χ1v) is 7.01. The molecule has 0 aliphatic heterocycles. The summed E-state index contributed by atoms with van der Waals surface area (Å²) in [6.07, 6.45) is 1.28. The largest absolute Gasteiger partial charge is 0.491 e. The standard InChI is InChI=1S/C17H16F2N2O2/c1-11(2)23-14-6-4-13(5-7-14)17(22)21-20-10-12-3-8-15(18)16(19)9-12/h3-11H,1-2H3,(H,21,22)/b20-10-. The van der Waals surface area contributed by atoms with Gasteiger partial charge < -0.3 is 4.74 Å². The summed E-state index contributed by atoms with van der Waals surface area (Å²) in [5, 5.41) is 3.71. The highest BCUT2D eigenvalue weighted by molar-refractivity contribution is 5.94. The Morgan fingerprint density at radius 1 is 1.13 bits per heavy atom. The van der Waals surface area contributed by atoms with Crippen LogP contribution in [0.3, 0.4) is 0 Å². The normalized spacial score (nSPS) is 11.0. The SMILES string of the molecule is CC(C)Oc1ccc(C(=O)N/N=C\c2ccc(F)c(F)c2)cc1. The van der Waals surface area contributed by atoms with Crippen molar-refractivity contribution in [1.29, 1.82) is 0 Å². The minimum absolute atomic E-state index is 0.0513. The van der Waals surface area contributed by atoms with E-state index in [1.54, 1.807) is 24.3 Å². The lowest BCUT2D eigenvalue weighted by Crippen LogP contribution is -2.17. The molecule has 6 heteroatoms. The van der Waals surface area contributed by atoms with Gasteiger partial charge in [-0.25, -0.2) is 14.2 Å². The summed E-state index contributed by atoms with van der Waals surface area (Å²) in [5.41, 5.74) is 3.06. The average Bonchev–Trinajstić information content (AvgIpc) is 2.51. The Morgan fingerprint density at radius 3 is 2.43 bits per heavy atom. The van der Waals surface area contributed by atoms with Gasteiger partial charge in [-0.3, -0.25) is 4.79 Å². The maximum Gasteiger partial charge on any atom is 0.271 e. The van der Waals surface area contributed by atoms with E-state index in [1.807, 2.05) is 13.8 Å². The second-order valence-electron chi connectivity index (χ2n) is 5.06. The average molecular weight is 318 g/mol. The smallest absolute Gasteiger partial charge is 0.271 e. The van der Waals surface area contributed by atoms with Gasteiger partial charge in [-0.05, 0) is 55.8 Å². The minimum Gasteiger partial charge on any atom is -0.491 e. The molecule has 0 unspecified atom stereocenters. The fourth-order valence-corrected chi connectivity index (χ4v) is 1.78. The van der Waals surface area contributed by atoms with E-state index in [0.29, 0.717) is 16.9 Å². The number of nitrogens with one attached hydrogen (secondary N) is 1. The van der Waals surface area contributed by atoms with Gasteiger partial charge in [0.2, 0.25) is 0 Å². The van der Waals surface area contributed by atoms with E-state index in [-0.39, 0.29) is 6.10 Å². The van der Waals surface area contributed by atoms with Gasteiger partial charge in [-0.1, -0.05) is 6.07 Å². The molecule has 0 saturated heterocycles. The van der Waals surface area contributed by atoms with Crippen molar-refractivity contribution in [3.05, 3.63) is 65.2 Å². The molecule has 0 saturated carbocycles. The van der Waals surface area contributed by atoms with E-state index in [4.69, 9.17) is 4.74 Å². The third-order valence-corrected chi connectivity index (χ3v) is 2.81. The summed E-state index contributed by atoms with van der Waals surface area (Å²) >= 11 is 0. The van der Waals surface area contributed by atoms with E-state index in [9.17, 15) is 13.6 Å².